The van der Waals surface area contributed by atoms with Gasteiger partial charge in [-0.2, -0.15) is 0 Å². The van der Waals surface area contributed by atoms with E-state index in [4.69, 9.17) is 4.74 Å². The highest BCUT2D eigenvalue weighted by Crippen LogP contribution is 2.27. The summed E-state index contributed by atoms with van der Waals surface area (Å²) >= 11 is 1.55. The Hall–Kier alpha value is -1.47. The number of carbonyl (C=O) groups is 2. The maximum absolute atomic E-state index is 12.3. The summed E-state index contributed by atoms with van der Waals surface area (Å²) in [6, 6.07) is -0.308. The zero-order valence-corrected chi connectivity index (χ0v) is 11.5. The average Bonchev–Trinajstić information content (AvgIpc) is 3.04. The van der Waals surface area contributed by atoms with Crippen molar-refractivity contribution in [3.8, 4) is 0 Å². The zero-order valence-electron chi connectivity index (χ0n) is 10.6. The molecule has 3 heterocycles. The number of amides is 3. The van der Waals surface area contributed by atoms with Gasteiger partial charge in [0.1, 0.15) is 5.54 Å². The molecule has 1 atom stereocenters. The normalized spacial score (nSPS) is 26.5. The zero-order chi connectivity index (χ0) is 13.5. The molecule has 2 aliphatic heterocycles. The van der Waals surface area contributed by atoms with Crippen LogP contribution < -0.4 is 5.32 Å². The van der Waals surface area contributed by atoms with Crippen molar-refractivity contribution in [3.63, 3.8) is 0 Å². The molecule has 0 bridgehead atoms. The Kier molecular flexibility index (Phi) is 3.02. The van der Waals surface area contributed by atoms with Crippen LogP contribution in [0.5, 0.6) is 0 Å². The highest BCUT2D eigenvalue weighted by atomic mass is 32.1. The number of thiazole rings is 1. The molecule has 7 heteroatoms. The van der Waals surface area contributed by atoms with Gasteiger partial charge < -0.3 is 10.1 Å². The second kappa shape index (κ2) is 4.57. The van der Waals surface area contributed by atoms with Crippen LogP contribution in [0.3, 0.4) is 0 Å². The predicted octanol–water partition coefficient (Wildman–Crippen LogP) is 0.705. The van der Waals surface area contributed by atoms with Gasteiger partial charge in [0.15, 0.2) is 0 Å². The molecule has 0 unspecified atom stereocenters. The highest BCUT2D eigenvalue weighted by molar-refractivity contribution is 7.09. The quantitative estimate of drug-likeness (QED) is 0.828. The lowest BCUT2D eigenvalue weighted by atomic mass is 9.99. The summed E-state index contributed by atoms with van der Waals surface area (Å²) in [5.74, 6) is -0.155. The first-order valence-electron chi connectivity index (χ1n) is 6.23. The molecular weight excluding hydrogens is 266 g/mol. The smallest absolute Gasteiger partial charge is 0.325 e. The number of nitrogens with one attached hydrogen (secondary N) is 1. The number of hydrogen-bond donors (Lipinski definition) is 1. The number of ether oxygens (including phenoxy) is 1. The minimum atomic E-state index is -0.806. The number of hydrogen-bond acceptors (Lipinski definition) is 5. The number of imide groups is 1. The van der Waals surface area contributed by atoms with Gasteiger partial charge in [-0.1, -0.05) is 0 Å². The molecule has 1 aromatic heterocycles. The number of carbonyl (C=O) groups excluding carboxylic acids is 2. The van der Waals surface area contributed by atoms with E-state index in [1.807, 2.05) is 6.92 Å². The van der Waals surface area contributed by atoms with Crippen molar-refractivity contribution in [1.29, 1.82) is 0 Å². The molecule has 2 fully saturated rings. The van der Waals surface area contributed by atoms with E-state index in [1.54, 1.807) is 16.8 Å². The summed E-state index contributed by atoms with van der Waals surface area (Å²) in [5.41, 5.74) is 1.94. The molecule has 19 heavy (non-hydrogen) atoms. The summed E-state index contributed by atoms with van der Waals surface area (Å²) in [4.78, 5) is 30.8. The summed E-state index contributed by atoms with van der Waals surface area (Å²) in [6.07, 6.45) is 1.22. The number of aromatic nitrogens is 1. The Bertz CT molecular complexity index is 522. The van der Waals surface area contributed by atoms with Crippen LogP contribution in [0.15, 0.2) is 5.51 Å². The van der Waals surface area contributed by atoms with Gasteiger partial charge in [0, 0.05) is 30.9 Å². The molecule has 2 aliphatic rings. The largest absolute Gasteiger partial charge is 0.378 e. The van der Waals surface area contributed by atoms with Crippen molar-refractivity contribution in [2.24, 2.45) is 0 Å². The minimum absolute atomic E-state index is 0.155. The Morgan fingerprint density at radius 2 is 2.42 bits per heavy atom. The molecule has 0 aliphatic carbocycles. The van der Waals surface area contributed by atoms with Gasteiger partial charge in [0.05, 0.1) is 17.8 Å². The van der Waals surface area contributed by atoms with Gasteiger partial charge in [0.2, 0.25) is 0 Å². The van der Waals surface area contributed by atoms with Crippen LogP contribution in [-0.4, -0.2) is 47.1 Å². The van der Waals surface area contributed by atoms with Crippen molar-refractivity contribution in [2.75, 3.05) is 19.8 Å². The van der Waals surface area contributed by atoms with Crippen LogP contribution in [0, 0.1) is 6.92 Å². The fourth-order valence-electron chi connectivity index (χ4n) is 2.49. The molecule has 2 saturated heterocycles. The summed E-state index contributed by atoms with van der Waals surface area (Å²) in [5, 5.41) is 2.77. The summed E-state index contributed by atoms with van der Waals surface area (Å²) in [6.45, 7) is 3.14. The van der Waals surface area contributed by atoms with Gasteiger partial charge >= 0.3 is 6.03 Å². The molecule has 1 aromatic rings. The molecule has 0 aromatic carbocycles. The number of nitrogens with zero attached hydrogens (tertiary/aromatic N) is 2. The van der Waals surface area contributed by atoms with Crippen LogP contribution in [0.1, 0.15) is 17.0 Å². The van der Waals surface area contributed by atoms with Crippen molar-refractivity contribution in [2.45, 2.75) is 25.3 Å². The third kappa shape index (κ3) is 2.02. The fourth-order valence-corrected chi connectivity index (χ4v) is 3.26. The van der Waals surface area contributed by atoms with E-state index in [0.717, 1.165) is 10.6 Å². The lowest BCUT2D eigenvalue weighted by molar-refractivity contribution is -0.131. The van der Waals surface area contributed by atoms with Crippen LogP contribution >= 0.6 is 11.3 Å². The van der Waals surface area contributed by atoms with E-state index < -0.39 is 5.54 Å². The highest BCUT2D eigenvalue weighted by Gasteiger charge is 2.53. The molecule has 1 N–H and O–H groups in total. The van der Waals surface area contributed by atoms with Crippen molar-refractivity contribution in [3.05, 3.63) is 16.1 Å². The summed E-state index contributed by atoms with van der Waals surface area (Å²) in [7, 11) is 0. The van der Waals surface area contributed by atoms with E-state index in [9.17, 15) is 9.59 Å². The second-order valence-corrected chi connectivity index (χ2v) is 5.82. The molecule has 3 amide bonds. The van der Waals surface area contributed by atoms with E-state index >= 15 is 0 Å². The van der Waals surface area contributed by atoms with Crippen LogP contribution in [0.25, 0.3) is 0 Å². The first-order chi connectivity index (χ1) is 9.12. The standard InChI is InChI=1S/C12H15N3O3S/c1-8-9(19-7-13-8)2-4-15-10(16)12(14-11(15)17)3-5-18-6-12/h7H,2-6H2,1H3,(H,14,17)/t12-/m0/s1. The Balaban J connectivity index is 1.70. The number of rotatable bonds is 3. The molecule has 6 nitrogen and oxygen atoms in total. The molecule has 102 valence electrons. The molecular formula is C12H15N3O3S. The first-order valence-corrected chi connectivity index (χ1v) is 7.11. The van der Waals surface area contributed by atoms with Crippen molar-refractivity contribution >= 4 is 23.3 Å². The Morgan fingerprint density at radius 1 is 1.58 bits per heavy atom. The lowest BCUT2D eigenvalue weighted by Crippen LogP contribution is -2.47. The van der Waals surface area contributed by atoms with Crippen LogP contribution in [0.4, 0.5) is 4.79 Å². The van der Waals surface area contributed by atoms with Gasteiger partial charge in [0.25, 0.3) is 5.91 Å². The van der Waals surface area contributed by atoms with Gasteiger partial charge in [-0.05, 0) is 6.92 Å². The molecule has 3 rings (SSSR count). The topological polar surface area (TPSA) is 71.5 Å². The molecule has 0 saturated carbocycles. The summed E-state index contributed by atoms with van der Waals surface area (Å²) < 4.78 is 5.25. The second-order valence-electron chi connectivity index (χ2n) is 4.88. The Morgan fingerprint density at radius 3 is 3.05 bits per heavy atom. The lowest BCUT2D eigenvalue weighted by Gasteiger charge is -2.18. The van der Waals surface area contributed by atoms with Crippen molar-refractivity contribution in [1.82, 2.24) is 15.2 Å². The fraction of sp³-hybridized carbons (Fsp3) is 0.583. The molecule has 1 spiro atoms. The Labute approximate surface area is 114 Å². The van der Waals surface area contributed by atoms with Crippen LogP contribution in [-0.2, 0) is 16.0 Å². The monoisotopic (exact) mass is 281 g/mol. The van der Waals surface area contributed by atoms with Crippen LogP contribution in [0.2, 0.25) is 0 Å². The SMILES string of the molecule is Cc1ncsc1CCN1C(=O)N[C@]2(CCOC2)C1=O. The van der Waals surface area contributed by atoms with E-state index in [-0.39, 0.29) is 18.5 Å². The maximum Gasteiger partial charge on any atom is 0.325 e. The number of urea groups is 1. The third-order valence-electron chi connectivity index (χ3n) is 3.67. The average molecular weight is 281 g/mol. The number of aryl methyl sites for hydroxylation is 1. The van der Waals surface area contributed by atoms with E-state index in [1.165, 1.54) is 4.90 Å². The van der Waals surface area contributed by atoms with Gasteiger partial charge in [-0.3, -0.25) is 9.69 Å². The van der Waals surface area contributed by atoms with E-state index in [0.29, 0.717) is 26.0 Å². The molecule has 0 radical (unpaired) electrons. The predicted molar refractivity (Wildman–Crippen MR) is 69.0 cm³/mol. The third-order valence-corrected chi connectivity index (χ3v) is 4.67. The minimum Gasteiger partial charge on any atom is -0.378 e. The van der Waals surface area contributed by atoms with Gasteiger partial charge in [-0.25, -0.2) is 9.78 Å². The maximum atomic E-state index is 12.3. The first kappa shape index (κ1) is 12.6. The van der Waals surface area contributed by atoms with Crippen molar-refractivity contribution < 1.29 is 14.3 Å². The van der Waals surface area contributed by atoms with Gasteiger partial charge in [-0.15, -0.1) is 11.3 Å². The van der Waals surface area contributed by atoms with E-state index in [2.05, 4.69) is 10.3 Å².